The molecule has 2 heterocycles. The number of sulfonamides is 2. The molecule has 0 amide bonds. The number of hydrogen-bond donors (Lipinski definition) is 3. The van der Waals surface area contributed by atoms with Crippen LogP contribution in [0.1, 0.15) is 5.56 Å². The lowest BCUT2D eigenvalue weighted by Gasteiger charge is -2.13. The lowest BCUT2D eigenvalue weighted by Crippen LogP contribution is -2.13. The van der Waals surface area contributed by atoms with E-state index in [-0.39, 0.29) is 27.1 Å². The van der Waals surface area contributed by atoms with Gasteiger partial charge in [0, 0.05) is 10.8 Å². The molecule has 2 aromatic heterocycles. The maximum Gasteiger partial charge on any atom is 0.241 e. The molecule has 0 bridgehead atoms. The third-order valence-electron chi connectivity index (χ3n) is 4.66. The number of nitriles is 1. The monoisotopic (exact) mass is 549 g/mol. The molecule has 12 nitrogen and oxygen atoms in total. The van der Waals surface area contributed by atoms with Crippen LogP contribution in [0.2, 0.25) is 0 Å². The van der Waals surface area contributed by atoms with Gasteiger partial charge in [-0.05, 0) is 36.0 Å². The van der Waals surface area contributed by atoms with E-state index >= 15 is 0 Å². The van der Waals surface area contributed by atoms with Gasteiger partial charge in [0.05, 0.1) is 28.6 Å². The van der Waals surface area contributed by atoms with Crippen molar-refractivity contribution in [1.29, 1.82) is 5.26 Å². The molecule has 35 heavy (non-hydrogen) atoms. The number of phenolic OH excluding ortho intramolecular Hbond substituents is 1. The number of hydrogen-bond acceptors (Lipinski definition) is 12. The Hall–Kier alpha value is -3.36. The number of benzene rings is 2. The van der Waals surface area contributed by atoms with Crippen molar-refractivity contribution in [2.75, 3.05) is 17.2 Å². The number of pyridine rings is 1. The van der Waals surface area contributed by atoms with Crippen molar-refractivity contribution in [3.8, 4) is 11.8 Å². The molecule has 0 saturated heterocycles. The highest BCUT2D eigenvalue weighted by Crippen LogP contribution is 2.43. The highest BCUT2D eigenvalue weighted by molar-refractivity contribution is 7.98. The number of nitrogens with two attached hydrogens (primary N) is 1. The first kappa shape index (κ1) is 24.8. The number of anilines is 1. The van der Waals surface area contributed by atoms with E-state index in [2.05, 4.69) is 30.4 Å². The Labute approximate surface area is 207 Å². The molecule has 4 N–H and O–H groups in total. The zero-order valence-corrected chi connectivity index (χ0v) is 21.2. The first-order chi connectivity index (χ1) is 16.4. The van der Waals surface area contributed by atoms with Crippen molar-refractivity contribution in [3.63, 3.8) is 0 Å². The molecule has 0 aliphatic heterocycles. The molecule has 4 rings (SSSR count). The number of fused-ring (bicyclic) bond motifs is 2. The van der Waals surface area contributed by atoms with Gasteiger partial charge in [-0.3, -0.25) is 4.72 Å². The number of nitrogens with one attached hydrogen (secondary N) is 1. The van der Waals surface area contributed by atoms with Crippen LogP contribution in [-0.4, -0.2) is 43.8 Å². The number of azo groups is 1. The van der Waals surface area contributed by atoms with Crippen molar-refractivity contribution in [1.82, 2.24) is 9.36 Å². The average molecular weight is 550 g/mol. The summed E-state index contributed by atoms with van der Waals surface area (Å²) < 4.78 is 54.5. The fourth-order valence-corrected chi connectivity index (χ4v) is 5.63. The van der Waals surface area contributed by atoms with Crippen molar-refractivity contribution in [3.05, 3.63) is 35.9 Å². The summed E-state index contributed by atoms with van der Waals surface area (Å²) >= 11 is 2.25. The van der Waals surface area contributed by atoms with Crippen LogP contribution in [0.4, 0.5) is 16.4 Å². The SMILES string of the molecule is CSc1nc2nsc(N=Nc3cc(S(N)(=O)=O)c(O)c4cccc(NS(C)(=O)=O)c34)c2cc1C#N. The Kier molecular flexibility index (Phi) is 6.38. The largest absolute Gasteiger partial charge is 0.506 e. The van der Waals surface area contributed by atoms with Crippen LogP contribution in [0, 0.1) is 11.3 Å². The number of phenols is 1. The molecule has 180 valence electrons. The molecule has 4 aromatic rings. The van der Waals surface area contributed by atoms with Crippen LogP contribution >= 0.6 is 23.3 Å². The highest BCUT2D eigenvalue weighted by Gasteiger charge is 2.22. The minimum Gasteiger partial charge on any atom is -0.506 e. The molecule has 0 aliphatic carbocycles. The summed E-state index contributed by atoms with van der Waals surface area (Å²) in [5.41, 5.74) is 0.646. The minimum atomic E-state index is -4.37. The van der Waals surface area contributed by atoms with Gasteiger partial charge >= 0.3 is 0 Å². The Morgan fingerprint density at radius 2 is 1.94 bits per heavy atom. The number of aromatic hydroxyl groups is 1. The van der Waals surface area contributed by atoms with Crippen LogP contribution < -0.4 is 9.86 Å². The van der Waals surface area contributed by atoms with Crippen LogP contribution in [0.25, 0.3) is 21.8 Å². The number of thioether (sulfide) groups is 1. The van der Waals surface area contributed by atoms with Gasteiger partial charge in [-0.25, -0.2) is 27.0 Å². The van der Waals surface area contributed by atoms with Gasteiger partial charge in [0.1, 0.15) is 21.7 Å². The maximum atomic E-state index is 12.1. The number of rotatable bonds is 6. The molecule has 0 aliphatic rings. The molecule has 2 aromatic carbocycles. The second-order valence-electron chi connectivity index (χ2n) is 7.11. The van der Waals surface area contributed by atoms with Crippen molar-refractivity contribution < 1.29 is 21.9 Å². The fraction of sp³-hybridized carbons (Fsp3) is 0.105. The summed E-state index contributed by atoms with van der Waals surface area (Å²) in [6, 6.07) is 8.88. The lowest BCUT2D eigenvalue weighted by atomic mass is 10.1. The zero-order valence-electron chi connectivity index (χ0n) is 17.9. The molecular weight excluding hydrogens is 535 g/mol. The van der Waals surface area contributed by atoms with Crippen molar-refractivity contribution in [2.24, 2.45) is 15.4 Å². The van der Waals surface area contributed by atoms with E-state index in [0.717, 1.165) is 23.9 Å². The predicted octanol–water partition coefficient (Wildman–Crippen LogP) is 3.58. The third-order valence-corrected chi connectivity index (χ3v) is 7.61. The molecular formula is C19H15N7O5S4. The third kappa shape index (κ3) is 4.90. The van der Waals surface area contributed by atoms with Crippen LogP contribution in [0.3, 0.4) is 0 Å². The number of nitrogens with zero attached hydrogens (tertiary/aromatic N) is 5. The summed E-state index contributed by atoms with van der Waals surface area (Å²) in [4.78, 5) is 3.73. The van der Waals surface area contributed by atoms with Gasteiger partial charge in [0.15, 0.2) is 10.6 Å². The fourth-order valence-electron chi connectivity index (χ4n) is 3.26. The summed E-state index contributed by atoms with van der Waals surface area (Å²) in [6.45, 7) is 0. The van der Waals surface area contributed by atoms with Gasteiger partial charge in [-0.2, -0.15) is 9.64 Å². The first-order valence-corrected chi connectivity index (χ1v) is 14.8. The van der Waals surface area contributed by atoms with E-state index in [0.29, 0.717) is 21.6 Å². The van der Waals surface area contributed by atoms with Crippen molar-refractivity contribution in [2.45, 2.75) is 9.92 Å². The lowest BCUT2D eigenvalue weighted by molar-refractivity contribution is 0.465. The van der Waals surface area contributed by atoms with Gasteiger partial charge in [0.2, 0.25) is 20.0 Å². The maximum absolute atomic E-state index is 12.1. The Morgan fingerprint density at radius 3 is 2.57 bits per heavy atom. The van der Waals surface area contributed by atoms with E-state index in [4.69, 9.17) is 5.14 Å². The Bertz CT molecular complexity index is 1790. The Morgan fingerprint density at radius 1 is 1.20 bits per heavy atom. The zero-order chi connectivity index (χ0) is 25.5. The first-order valence-electron chi connectivity index (χ1n) is 9.38. The highest BCUT2D eigenvalue weighted by atomic mass is 32.2. The van der Waals surface area contributed by atoms with E-state index < -0.39 is 30.7 Å². The second-order valence-corrected chi connectivity index (χ2v) is 11.9. The molecule has 0 unspecified atom stereocenters. The second kappa shape index (κ2) is 9.02. The normalized spacial score (nSPS) is 12.4. The van der Waals surface area contributed by atoms with Gasteiger partial charge in [-0.15, -0.1) is 22.0 Å². The number of primary sulfonamides is 1. The summed E-state index contributed by atoms with van der Waals surface area (Å²) in [5.74, 6) is -0.658. The van der Waals surface area contributed by atoms with Crippen LogP contribution in [0.15, 0.2) is 50.5 Å². The smallest absolute Gasteiger partial charge is 0.241 e. The number of aromatic nitrogens is 2. The summed E-state index contributed by atoms with van der Waals surface area (Å²) in [6.07, 6.45) is 2.72. The quantitative estimate of drug-likeness (QED) is 0.237. The van der Waals surface area contributed by atoms with Crippen LogP contribution in [-0.2, 0) is 20.0 Å². The predicted molar refractivity (Wildman–Crippen MR) is 134 cm³/mol. The summed E-state index contributed by atoms with van der Waals surface area (Å²) in [5, 5.41) is 34.9. The van der Waals surface area contributed by atoms with Crippen molar-refractivity contribution >= 4 is 81.5 Å². The summed E-state index contributed by atoms with van der Waals surface area (Å²) in [7, 11) is -8.10. The molecule has 0 spiro atoms. The van der Waals surface area contributed by atoms with Gasteiger partial charge < -0.3 is 5.11 Å². The van der Waals surface area contributed by atoms with E-state index in [9.17, 15) is 27.2 Å². The molecule has 0 radical (unpaired) electrons. The van der Waals surface area contributed by atoms with E-state index in [1.807, 2.05) is 0 Å². The molecule has 0 atom stereocenters. The van der Waals surface area contributed by atoms with E-state index in [1.54, 1.807) is 12.3 Å². The van der Waals surface area contributed by atoms with Crippen LogP contribution in [0.5, 0.6) is 5.75 Å². The molecule has 0 saturated carbocycles. The minimum absolute atomic E-state index is 0.00802. The molecule has 0 fully saturated rings. The van der Waals surface area contributed by atoms with E-state index in [1.165, 1.54) is 30.0 Å². The Balaban J connectivity index is 1.98. The topological polar surface area (TPSA) is 201 Å². The molecule has 16 heteroatoms. The average Bonchev–Trinajstić information content (AvgIpc) is 3.17. The standard InChI is InChI=1S/C19H15N7O5S4/c1-32-18-9(8-20)6-11-17(22-18)25-33-19(11)24-23-13-7-14(35(21,30)31)16(27)10-4-3-5-12(15(10)13)26-34(2,28)29/h3-7,26-27H,1-2H3,(H2,21,30,31). The van der Waals surface area contributed by atoms with Gasteiger partial charge in [0.25, 0.3) is 0 Å². The van der Waals surface area contributed by atoms with Gasteiger partial charge in [-0.1, -0.05) is 12.1 Å².